The third-order valence-electron chi connectivity index (χ3n) is 6.39. The molecule has 0 atom stereocenters. The van der Waals surface area contributed by atoms with Crippen molar-refractivity contribution in [3.63, 3.8) is 0 Å². The zero-order valence-electron chi connectivity index (χ0n) is 19.1. The normalized spacial score (nSPS) is 15.1. The Morgan fingerprint density at radius 1 is 1.00 bits per heavy atom. The lowest BCUT2D eigenvalue weighted by atomic mass is 10.0. The van der Waals surface area contributed by atoms with E-state index >= 15 is 0 Å². The number of nitrogens with zero attached hydrogens (tertiary/aromatic N) is 3. The number of hydrogen-bond donors (Lipinski definition) is 2. The van der Waals surface area contributed by atoms with Gasteiger partial charge in [-0.05, 0) is 41.8 Å². The second-order valence-corrected chi connectivity index (χ2v) is 9.34. The number of H-pyrrole nitrogens is 1. The van der Waals surface area contributed by atoms with E-state index in [2.05, 4.69) is 44.0 Å². The summed E-state index contributed by atoms with van der Waals surface area (Å²) in [6, 6.07) is 19.9. The van der Waals surface area contributed by atoms with Gasteiger partial charge in [0.2, 0.25) is 0 Å². The maximum absolute atomic E-state index is 12.0. The number of carbonyl (C=O) groups is 1. The number of carboxylic acid groups (broad SMARTS) is 1. The van der Waals surface area contributed by atoms with Crippen LogP contribution in [0.5, 0.6) is 0 Å². The van der Waals surface area contributed by atoms with E-state index in [1.54, 1.807) is 6.07 Å². The molecule has 0 bridgehead atoms. The van der Waals surface area contributed by atoms with Gasteiger partial charge in [0.15, 0.2) is 0 Å². The molecule has 174 valence electrons. The summed E-state index contributed by atoms with van der Waals surface area (Å²) in [6.45, 7) is 7.47. The topological polar surface area (TPSA) is 72.5 Å². The average Bonchev–Trinajstić information content (AvgIpc) is 3.22. The molecule has 0 unspecified atom stereocenters. The van der Waals surface area contributed by atoms with Crippen molar-refractivity contribution in [3.05, 3.63) is 88.2 Å². The van der Waals surface area contributed by atoms with Crippen LogP contribution < -0.4 is 0 Å². The number of aromatic carboxylic acids is 1. The predicted molar refractivity (Wildman–Crippen MR) is 135 cm³/mol. The molecule has 0 radical (unpaired) electrons. The molecule has 2 N–H and O–H groups in total. The lowest BCUT2D eigenvalue weighted by Crippen LogP contribution is -2.45. The van der Waals surface area contributed by atoms with E-state index in [0.29, 0.717) is 22.6 Å². The van der Waals surface area contributed by atoms with Gasteiger partial charge in [0.1, 0.15) is 11.3 Å². The van der Waals surface area contributed by atoms with Gasteiger partial charge in [0, 0.05) is 43.3 Å². The van der Waals surface area contributed by atoms with Crippen molar-refractivity contribution in [2.75, 3.05) is 26.2 Å². The SMILES string of the molecule is Cc1ccc(-c2cc(C(=O)O)c3nc(CN4CCN(Cc5ccccc5)CC4)[nH]c3c2)c(Cl)c1. The molecule has 1 aromatic heterocycles. The third-order valence-corrected chi connectivity index (χ3v) is 6.70. The molecule has 0 amide bonds. The molecule has 1 aliphatic rings. The fourth-order valence-electron chi connectivity index (χ4n) is 4.58. The number of piperazine rings is 1. The summed E-state index contributed by atoms with van der Waals surface area (Å²) in [6.07, 6.45) is 0. The Kier molecular flexibility index (Phi) is 6.37. The summed E-state index contributed by atoms with van der Waals surface area (Å²) in [5.41, 5.74) is 5.34. The van der Waals surface area contributed by atoms with Crippen molar-refractivity contribution in [1.82, 2.24) is 19.8 Å². The monoisotopic (exact) mass is 474 g/mol. The molecule has 7 heteroatoms. The number of aromatic nitrogens is 2. The molecule has 4 aromatic rings. The minimum absolute atomic E-state index is 0.180. The lowest BCUT2D eigenvalue weighted by Gasteiger charge is -2.34. The van der Waals surface area contributed by atoms with Crippen molar-refractivity contribution in [3.8, 4) is 11.1 Å². The van der Waals surface area contributed by atoms with Crippen LogP contribution in [0.25, 0.3) is 22.2 Å². The van der Waals surface area contributed by atoms with Crippen LogP contribution in [0, 0.1) is 6.92 Å². The summed E-state index contributed by atoms with van der Waals surface area (Å²) >= 11 is 6.46. The lowest BCUT2D eigenvalue weighted by molar-refractivity contribution is 0.0699. The van der Waals surface area contributed by atoms with E-state index in [1.165, 1.54) is 5.56 Å². The minimum atomic E-state index is -0.998. The number of carboxylic acids is 1. The first-order valence-corrected chi connectivity index (χ1v) is 11.8. The Hall–Kier alpha value is -3.19. The molecule has 1 fully saturated rings. The first-order chi connectivity index (χ1) is 16.5. The van der Waals surface area contributed by atoms with Crippen LogP contribution in [-0.2, 0) is 13.1 Å². The first kappa shape index (κ1) is 22.6. The largest absolute Gasteiger partial charge is 0.478 e. The third kappa shape index (κ3) is 4.85. The van der Waals surface area contributed by atoms with Crippen LogP contribution in [0.15, 0.2) is 60.7 Å². The van der Waals surface area contributed by atoms with Gasteiger partial charge >= 0.3 is 5.97 Å². The quantitative estimate of drug-likeness (QED) is 0.401. The Morgan fingerprint density at radius 3 is 2.38 bits per heavy atom. The predicted octanol–water partition coefficient (Wildman–Crippen LogP) is 5.21. The van der Waals surface area contributed by atoms with Gasteiger partial charge in [0.05, 0.1) is 17.6 Å². The summed E-state index contributed by atoms with van der Waals surface area (Å²) in [5, 5.41) is 10.4. The van der Waals surface area contributed by atoms with Gasteiger partial charge in [-0.15, -0.1) is 0 Å². The Morgan fingerprint density at radius 2 is 1.71 bits per heavy atom. The first-order valence-electron chi connectivity index (χ1n) is 11.5. The fraction of sp³-hybridized carbons (Fsp3) is 0.259. The fourth-order valence-corrected chi connectivity index (χ4v) is 4.92. The van der Waals surface area contributed by atoms with Crippen molar-refractivity contribution in [2.24, 2.45) is 0 Å². The van der Waals surface area contributed by atoms with Crippen molar-refractivity contribution < 1.29 is 9.90 Å². The molecule has 3 aromatic carbocycles. The van der Waals surface area contributed by atoms with Gasteiger partial charge in [-0.2, -0.15) is 0 Å². The molecule has 0 saturated carbocycles. The van der Waals surface area contributed by atoms with Crippen LogP contribution in [0.2, 0.25) is 5.02 Å². The number of imidazole rings is 1. The molecule has 0 spiro atoms. The van der Waals surface area contributed by atoms with Crippen molar-refractivity contribution in [1.29, 1.82) is 0 Å². The number of benzene rings is 3. The molecule has 1 aliphatic heterocycles. The van der Waals surface area contributed by atoms with Gasteiger partial charge in [-0.3, -0.25) is 9.80 Å². The summed E-state index contributed by atoms with van der Waals surface area (Å²) in [7, 11) is 0. The van der Waals surface area contributed by atoms with E-state index in [0.717, 1.165) is 55.2 Å². The molecule has 5 rings (SSSR count). The molecule has 34 heavy (non-hydrogen) atoms. The molecular weight excluding hydrogens is 448 g/mol. The van der Waals surface area contributed by atoms with Gasteiger partial charge in [0.25, 0.3) is 0 Å². The van der Waals surface area contributed by atoms with Gasteiger partial charge in [-0.25, -0.2) is 9.78 Å². The van der Waals surface area contributed by atoms with E-state index < -0.39 is 5.97 Å². The summed E-state index contributed by atoms with van der Waals surface area (Å²) in [4.78, 5) is 24.9. The molecule has 1 saturated heterocycles. The highest BCUT2D eigenvalue weighted by molar-refractivity contribution is 6.33. The van der Waals surface area contributed by atoms with Crippen LogP contribution in [-0.4, -0.2) is 57.0 Å². The average molecular weight is 475 g/mol. The second-order valence-electron chi connectivity index (χ2n) is 8.93. The standard InChI is InChI=1S/C27H27ClN4O2/c1-18-7-8-21(23(28)13-18)20-14-22(27(33)34)26-24(15-20)29-25(30-26)17-32-11-9-31(10-12-32)16-19-5-3-2-4-6-19/h2-8,13-15H,9-12,16-17H2,1H3,(H,29,30)(H,33,34). The number of nitrogens with one attached hydrogen (secondary N) is 1. The highest BCUT2D eigenvalue weighted by atomic mass is 35.5. The van der Waals surface area contributed by atoms with Crippen molar-refractivity contribution in [2.45, 2.75) is 20.0 Å². The van der Waals surface area contributed by atoms with Crippen LogP contribution >= 0.6 is 11.6 Å². The summed E-state index contributed by atoms with van der Waals surface area (Å²) in [5.74, 6) is -0.219. The van der Waals surface area contributed by atoms with E-state index in [-0.39, 0.29) is 5.56 Å². The highest BCUT2D eigenvalue weighted by Gasteiger charge is 2.20. The molecular formula is C27H27ClN4O2. The molecule has 2 heterocycles. The Bertz CT molecular complexity index is 1330. The maximum Gasteiger partial charge on any atom is 0.337 e. The number of aryl methyl sites for hydroxylation is 1. The Labute approximate surface area is 203 Å². The van der Waals surface area contributed by atoms with E-state index in [4.69, 9.17) is 11.6 Å². The zero-order valence-corrected chi connectivity index (χ0v) is 19.8. The maximum atomic E-state index is 12.0. The molecule has 6 nitrogen and oxygen atoms in total. The molecule has 0 aliphatic carbocycles. The second kappa shape index (κ2) is 9.58. The minimum Gasteiger partial charge on any atom is -0.478 e. The number of fused-ring (bicyclic) bond motifs is 1. The van der Waals surface area contributed by atoms with Crippen LogP contribution in [0.1, 0.15) is 27.3 Å². The number of aromatic amines is 1. The van der Waals surface area contributed by atoms with Crippen LogP contribution in [0.4, 0.5) is 0 Å². The number of rotatable bonds is 6. The Balaban J connectivity index is 1.34. The smallest absolute Gasteiger partial charge is 0.337 e. The van der Waals surface area contributed by atoms with Gasteiger partial charge in [-0.1, -0.05) is 54.1 Å². The highest BCUT2D eigenvalue weighted by Crippen LogP contribution is 2.32. The van der Waals surface area contributed by atoms with E-state index in [9.17, 15) is 9.90 Å². The van der Waals surface area contributed by atoms with E-state index in [1.807, 2.05) is 37.3 Å². The summed E-state index contributed by atoms with van der Waals surface area (Å²) < 4.78 is 0. The van der Waals surface area contributed by atoms with Gasteiger partial charge < -0.3 is 10.1 Å². The number of hydrogen-bond acceptors (Lipinski definition) is 4. The van der Waals surface area contributed by atoms with Crippen LogP contribution in [0.3, 0.4) is 0 Å². The zero-order chi connectivity index (χ0) is 23.7. The number of halogens is 1. The van der Waals surface area contributed by atoms with Crippen molar-refractivity contribution >= 4 is 28.6 Å².